The molecule has 0 aliphatic carbocycles. The van der Waals surface area contributed by atoms with Gasteiger partial charge in [-0.05, 0) is 70.8 Å². The first-order valence-electron chi connectivity index (χ1n) is 15.2. The number of anilines is 1. The Labute approximate surface area is 249 Å². The van der Waals surface area contributed by atoms with Crippen molar-refractivity contribution in [3.8, 4) is 0 Å². The standard InChI is InChI=1S/C33H45N5O4/c1-24-19-25(2)21-26(20-24)23-42-32(41)38-17-12-29(37-16-9-27-7-5-6-8-30(27)34-31(37)40)22-33(38,13-18-39)36-14-10-28(11-15-36)35(3)4/h5-8,18-21,28-29H,9-17,22-23H2,1-4H3,(H,34,40)/t29-,33+/m1/s1. The summed E-state index contributed by atoms with van der Waals surface area (Å²) in [6.45, 7) is 6.77. The summed E-state index contributed by atoms with van der Waals surface area (Å²) in [5.74, 6) is 0. The molecule has 0 unspecified atom stereocenters. The summed E-state index contributed by atoms with van der Waals surface area (Å²) >= 11 is 0. The van der Waals surface area contributed by atoms with Crippen molar-refractivity contribution < 1.29 is 19.1 Å². The van der Waals surface area contributed by atoms with Crippen LogP contribution in [0.2, 0.25) is 0 Å². The van der Waals surface area contributed by atoms with E-state index in [2.05, 4.69) is 41.3 Å². The van der Waals surface area contributed by atoms with Crippen LogP contribution in [0.25, 0.3) is 0 Å². The third kappa shape index (κ3) is 6.32. The maximum atomic E-state index is 13.9. The number of urea groups is 1. The largest absolute Gasteiger partial charge is 0.445 e. The molecule has 1 N–H and O–H groups in total. The lowest BCUT2D eigenvalue weighted by Gasteiger charge is -2.56. The molecule has 226 valence electrons. The number of nitrogens with zero attached hydrogens (tertiary/aromatic N) is 4. The molecule has 0 aromatic heterocycles. The molecule has 0 radical (unpaired) electrons. The number of para-hydroxylation sites is 1. The number of carbonyl (C=O) groups excluding carboxylic acids is 3. The highest BCUT2D eigenvalue weighted by Gasteiger charge is 2.51. The molecule has 3 amide bonds. The van der Waals surface area contributed by atoms with Gasteiger partial charge in [-0.2, -0.15) is 0 Å². The van der Waals surface area contributed by atoms with Gasteiger partial charge in [0.25, 0.3) is 0 Å². The van der Waals surface area contributed by atoms with Crippen molar-refractivity contribution in [2.45, 2.75) is 76.7 Å². The minimum absolute atomic E-state index is 0.116. The second-order valence-electron chi connectivity index (χ2n) is 12.4. The maximum Gasteiger partial charge on any atom is 0.411 e. The molecule has 2 aromatic rings. The van der Waals surface area contributed by atoms with Crippen LogP contribution < -0.4 is 5.32 Å². The molecule has 2 fully saturated rings. The summed E-state index contributed by atoms with van der Waals surface area (Å²) in [6, 6.07) is 14.3. The quantitative estimate of drug-likeness (QED) is 0.477. The topological polar surface area (TPSA) is 85.4 Å². The summed E-state index contributed by atoms with van der Waals surface area (Å²) < 4.78 is 5.94. The Morgan fingerprint density at radius 2 is 1.76 bits per heavy atom. The van der Waals surface area contributed by atoms with E-state index in [-0.39, 0.29) is 25.1 Å². The van der Waals surface area contributed by atoms with Gasteiger partial charge in [-0.3, -0.25) is 9.80 Å². The maximum absolute atomic E-state index is 13.9. The summed E-state index contributed by atoms with van der Waals surface area (Å²) in [6.07, 6.45) is 4.47. The van der Waals surface area contributed by atoms with Crippen LogP contribution in [0.5, 0.6) is 0 Å². The molecule has 9 nitrogen and oxygen atoms in total. The number of hydrogen-bond acceptors (Lipinski definition) is 6. The van der Waals surface area contributed by atoms with Crippen molar-refractivity contribution in [1.82, 2.24) is 19.6 Å². The van der Waals surface area contributed by atoms with E-state index in [1.54, 1.807) is 4.90 Å². The molecule has 3 aliphatic rings. The van der Waals surface area contributed by atoms with Crippen molar-refractivity contribution in [1.29, 1.82) is 0 Å². The average Bonchev–Trinajstić information content (AvgIpc) is 3.13. The summed E-state index contributed by atoms with van der Waals surface area (Å²) in [4.78, 5) is 48.0. The van der Waals surface area contributed by atoms with Crippen LogP contribution in [0.15, 0.2) is 42.5 Å². The SMILES string of the molecule is Cc1cc(C)cc(COC(=O)N2CC[C@@H](N3CCc4ccccc4NC3=O)C[C@@]2(CC=O)N2CCC(N(C)C)CC2)c1. The number of hydrogen-bond donors (Lipinski definition) is 1. The molecule has 5 rings (SSSR count). The van der Waals surface area contributed by atoms with Gasteiger partial charge >= 0.3 is 12.1 Å². The Balaban J connectivity index is 1.41. The number of aryl methyl sites for hydroxylation is 2. The van der Waals surface area contributed by atoms with Crippen LogP contribution >= 0.6 is 0 Å². The van der Waals surface area contributed by atoms with Crippen molar-refractivity contribution in [2.24, 2.45) is 0 Å². The van der Waals surface area contributed by atoms with Crippen LogP contribution in [-0.2, 0) is 22.6 Å². The highest BCUT2D eigenvalue weighted by atomic mass is 16.6. The molecular weight excluding hydrogens is 530 g/mol. The smallest absolute Gasteiger partial charge is 0.411 e. The Morgan fingerprint density at radius 3 is 2.45 bits per heavy atom. The second-order valence-corrected chi connectivity index (χ2v) is 12.4. The lowest BCUT2D eigenvalue weighted by atomic mass is 9.84. The Morgan fingerprint density at radius 1 is 1.05 bits per heavy atom. The molecule has 42 heavy (non-hydrogen) atoms. The third-order valence-corrected chi connectivity index (χ3v) is 9.39. The van der Waals surface area contributed by atoms with Gasteiger partial charge in [-0.1, -0.05) is 47.5 Å². The third-order valence-electron chi connectivity index (χ3n) is 9.39. The van der Waals surface area contributed by atoms with Gasteiger partial charge in [-0.25, -0.2) is 9.59 Å². The molecule has 0 bridgehead atoms. The fourth-order valence-electron chi connectivity index (χ4n) is 7.27. The molecule has 2 aromatic carbocycles. The first kappa shape index (κ1) is 30.0. The van der Waals surface area contributed by atoms with Crippen LogP contribution in [0.1, 0.15) is 54.4 Å². The highest BCUT2D eigenvalue weighted by molar-refractivity contribution is 5.91. The monoisotopic (exact) mass is 575 g/mol. The average molecular weight is 576 g/mol. The fourth-order valence-corrected chi connectivity index (χ4v) is 7.27. The lowest BCUT2D eigenvalue weighted by Crippen LogP contribution is -2.69. The van der Waals surface area contributed by atoms with Crippen LogP contribution in [-0.4, -0.2) is 96.0 Å². The fraction of sp³-hybridized carbons (Fsp3) is 0.545. The highest BCUT2D eigenvalue weighted by Crippen LogP contribution is 2.39. The molecule has 2 atom stereocenters. The molecule has 0 spiro atoms. The molecule has 3 heterocycles. The lowest BCUT2D eigenvalue weighted by molar-refractivity contribution is -0.128. The van der Waals surface area contributed by atoms with E-state index >= 15 is 0 Å². The molecular formula is C33H45N5O4. The van der Waals surface area contributed by atoms with Crippen LogP contribution in [0.3, 0.4) is 0 Å². The normalized spacial score (nSPS) is 23.7. The van der Waals surface area contributed by atoms with Gasteiger partial charge in [0, 0.05) is 56.8 Å². The molecule has 9 heteroatoms. The van der Waals surface area contributed by atoms with E-state index < -0.39 is 11.8 Å². The first-order chi connectivity index (χ1) is 20.2. The summed E-state index contributed by atoms with van der Waals surface area (Å²) in [5.41, 5.74) is 4.30. The number of benzene rings is 2. The zero-order chi connectivity index (χ0) is 29.9. The van der Waals surface area contributed by atoms with E-state index in [4.69, 9.17) is 4.74 Å². The second kappa shape index (κ2) is 12.8. The number of likely N-dealkylation sites (tertiary alicyclic amines) is 2. The van der Waals surface area contributed by atoms with Gasteiger partial charge in [0.2, 0.25) is 0 Å². The number of aldehydes is 1. The number of piperidine rings is 2. The number of nitrogens with one attached hydrogen (secondary N) is 1. The summed E-state index contributed by atoms with van der Waals surface area (Å²) in [5, 5.41) is 3.10. The van der Waals surface area contributed by atoms with Gasteiger partial charge in [-0.15, -0.1) is 0 Å². The van der Waals surface area contributed by atoms with Crippen molar-refractivity contribution in [3.63, 3.8) is 0 Å². The Bertz CT molecular complexity index is 1270. The zero-order valence-corrected chi connectivity index (χ0v) is 25.5. The molecule has 2 saturated heterocycles. The van der Waals surface area contributed by atoms with Gasteiger partial charge in [0.15, 0.2) is 0 Å². The zero-order valence-electron chi connectivity index (χ0n) is 25.5. The minimum Gasteiger partial charge on any atom is -0.445 e. The van der Waals surface area contributed by atoms with E-state index in [9.17, 15) is 14.4 Å². The number of ether oxygens (including phenoxy) is 1. The van der Waals surface area contributed by atoms with Crippen LogP contribution in [0.4, 0.5) is 15.3 Å². The molecule has 0 saturated carbocycles. The predicted octanol–water partition coefficient (Wildman–Crippen LogP) is 4.81. The van der Waals surface area contributed by atoms with Gasteiger partial charge in [0.05, 0.1) is 0 Å². The van der Waals surface area contributed by atoms with E-state index in [0.717, 1.165) is 66.6 Å². The Hall–Kier alpha value is -3.43. The molecule has 3 aliphatic heterocycles. The Kier molecular flexibility index (Phi) is 9.18. The predicted molar refractivity (Wildman–Crippen MR) is 163 cm³/mol. The van der Waals surface area contributed by atoms with Crippen molar-refractivity contribution in [3.05, 3.63) is 64.7 Å². The van der Waals surface area contributed by atoms with Crippen molar-refractivity contribution in [2.75, 3.05) is 45.6 Å². The van der Waals surface area contributed by atoms with Gasteiger partial charge in [0.1, 0.15) is 18.6 Å². The van der Waals surface area contributed by atoms with E-state index in [0.29, 0.717) is 32.0 Å². The summed E-state index contributed by atoms with van der Waals surface area (Å²) in [7, 11) is 4.20. The van der Waals surface area contributed by atoms with Crippen molar-refractivity contribution >= 4 is 24.1 Å². The van der Waals surface area contributed by atoms with E-state index in [1.165, 1.54) is 0 Å². The first-order valence-corrected chi connectivity index (χ1v) is 15.2. The number of fused-ring (bicyclic) bond motifs is 1. The van der Waals surface area contributed by atoms with Crippen LogP contribution in [0, 0.1) is 13.8 Å². The minimum atomic E-state index is -0.860. The number of amides is 3. The van der Waals surface area contributed by atoms with Gasteiger partial charge < -0.3 is 24.6 Å². The number of rotatable bonds is 7. The van der Waals surface area contributed by atoms with E-state index in [1.807, 2.05) is 49.1 Å². The number of carbonyl (C=O) groups is 3.